The molecule has 0 radical (unpaired) electrons. The Kier molecular flexibility index (Phi) is 0.997. The lowest BCUT2D eigenvalue weighted by atomic mass is 10.6. The number of hydrogen-bond donors (Lipinski definition) is 1. The first-order valence-electron chi connectivity index (χ1n) is 1.95. The molecule has 8 heavy (non-hydrogen) atoms. The van der Waals surface area contributed by atoms with Gasteiger partial charge in [-0.3, -0.25) is 0 Å². The lowest BCUT2D eigenvalue weighted by Crippen LogP contribution is -1.44. The number of rotatable bonds is 1. The van der Waals surface area contributed by atoms with Gasteiger partial charge in [0.15, 0.2) is 0 Å². The predicted octanol–water partition coefficient (Wildman–Crippen LogP) is 1.38. The molecule has 1 aromatic rings. The molecule has 0 aliphatic carbocycles. The molecule has 0 saturated carbocycles. The van der Waals surface area contributed by atoms with Crippen molar-refractivity contribution in [1.82, 2.24) is 0 Å². The maximum Gasteiger partial charge on any atom is 0.283 e. The average molecular weight is 113 g/mol. The summed E-state index contributed by atoms with van der Waals surface area (Å²) in [5.41, 5.74) is 0. The molecule has 4 heteroatoms. The summed E-state index contributed by atoms with van der Waals surface area (Å²) in [6.45, 7) is 0. The molecular formula is C4H3NO3. The zero-order chi connectivity index (χ0) is 5.98. The molecule has 4 nitrogen and oxygen atoms in total. The van der Waals surface area contributed by atoms with Gasteiger partial charge in [0.1, 0.15) is 0 Å². The molecule has 0 aromatic carbocycles. The average Bonchev–Trinajstić information content (AvgIpc) is 2.14. The van der Waals surface area contributed by atoms with Crippen LogP contribution in [0.15, 0.2) is 21.7 Å². The van der Waals surface area contributed by atoms with Crippen molar-refractivity contribution in [3.05, 3.63) is 17.0 Å². The maximum absolute atomic E-state index is 9.56. The van der Waals surface area contributed by atoms with E-state index in [-0.39, 0.29) is 11.8 Å². The first-order valence-corrected chi connectivity index (χ1v) is 1.95. The second kappa shape index (κ2) is 1.65. The molecule has 0 unspecified atom stereocenters. The quantitative estimate of drug-likeness (QED) is 0.559. The van der Waals surface area contributed by atoms with Crippen molar-refractivity contribution in [2.24, 2.45) is 5.18 Å². The molecule has 42 valence electrons. The van der Waals surface area contributed by atoms with Gasteiger partial charge < -0.3 is 9.52 Å². The molecule has 0 aliphatic heterocycles. The highest BCUT2D eigenvalue weighted by atomic mass is 16.5. The molecule has 1 rings (SSSR count). The van der Waals surface area contributed by atoms with Crippen molar-refractivity contribution in [1.29, 1.82) is 0 Å². The smallest absolute Gasteiger partial charge is 0.283 e. The van der Waals surface area contributed by atoms with Gasteiger partial charge in [-0.1, -0.05) is 0 Å². The van der Waals surface area contributed by atoms with E-state index >= 15 is 0 Å². The van der Waals surface area contributed by atoms with E-state index in [0.29, 0.717) is 0 Å². The van der Waals surface area contributed by atoms with Crippen LogP contribution in [0.4, 0.5) is 5.88 Å². The monoisotopic (exact) mass is 113 g/mol. The summed E-state index contributed by atoms with van der Waals surface area (Å²) >= 11 is 0. The Bertz CT molecular complexity index is 193. The predicted molar refractivity (Wildman–Crippen MR) is 25.8 cm³/mol. The first kappa shape index (κ1) is 4.83. The van der Waals surface area contributed by atoms with Crippen LogP contribution in [0.2, 0.25) is 0 Å². The van der Waals surface area contributed by atoms with E-state index in [4.69, 9.17) is 5.11 Å². The van der Waals surface area contributed by atoms with E-state index in [0.717, 1.165) is 0 Å². The molecule has 1 N–H and O–H groups in total. The van der Waals surface area contributed by atoms with Crippen LogP contribution < -0.4 is 0 Å². The molecule has 0 spiro atoms. The standard InChI is InChI=1S/C4H3NO3/c6-4-2-1-3(5-7)8-4/h1-2,6H. The molecule has 1 aromatic heterocycles. The summed E-state index contributed by atoms with van der Waals surface area (Å²) in [6.07, 6.45) is 0. The second-order valence-electron chi connectivity index (χ2n) is 1.20. The van der Waals surface area contributed by atoms with Crippen LogP contribution in [0, 0.1) is 4.91 Å². The van der Waals surface area contributed by atoms with Crippen LogP contribution in [0.5, 0.6) is 5.95 Å². The van der Waals surface area contributed by atoms with Gasteiger partial charge in [0, 0.05) is 17.3 Å². The van der Waals surface area contributed by atoms with Crippen molar-refractivity contribution in [2.45, 2.75) is 0 Å². The third kappa shape index (κ3) is 0.676. The summed E-state index contributed by atoms with van der Waals surface area (Å²) in [7, 11) is 0. The minimum absolute atomic E-state index is 0.109. The topological polar surface area (TPSA) is 62.8 Å². The first-order chi connectivity index (χ1) is 3.83. The Hall–Kier alpha value is -1.32. The van der Waals surface area contributed by atoms with Gasteiger partial charge in [0.05, 0.1) is 0 Å². The lowest BCUT2D eigenvalue weighted by molar-refractivity contribution is 0.337. The largest absolute Gasteiger partial charge is 0.481 e. The fourth-order valence-corrected chi connectivity index (χ4v) is 0.367. The zero-order valence-corrected chi connectivity index (χ0v) is 3.87. The Morgan fingerprint density at radius 1 is 1.62 bits per heavy atom. The Morgan fingerprint density at radius 2 is 2.38 bits per heavy atom. The fraction of sp³-hybridized carbons (Fsp3) is 0. The van der Waals surface area contributed by atoms with E-state index in [1.54, 1.807) is 0 Å². The normalized spacial score (nSPS) is 9.00. The van der Waals surface area contributed by atoms with E-state index in [9.17, 15) is 4.91 Å². The molecule has 0 amide bonds. The van der Waals surface area contributed by atoms with E-state index in [1.165, 1.54) is 12.1 Å². The Morgan fingerprint density at radius 3 is 2.62 bits per heavy atom. The van der Waals surface area contributed by atoms with Crippen molar-refractivity contribution in [2.75, 3.05) is 0 Å². The number of furan rings is 1. The van der Waals surface area contributed by atoms with Gasteiger partial charge in [-0.05, 0) is 0 Å². The highest BCUT2D eigenvalue weighted by molar-refractivity contribution is 5.25. The number of aromatic hydroxyl groups is 1. The SMILES string of the molecule is O=Nc1ccc(O)o1. The van der Waals surface area contributed by atoms with Crippen molar-refractivity contribution in [3.8, 4) is 5.95 Å². The summed E-state index contributed by atoms with van der Waals surface area (Å²) in [6, 6.07) is 2.53. The highest BCUT2D eigenvalue weighted by Gasteiger charge is 1.95. The van der Waals surface area contributed by atoms with E-state index < -0.39 is 0 Å². The summed E-state index contributed by atoms with van der Waals surface area (Å²) in [5.74, 6) is -0.401. The summed E-state index contributed by atoms with van der Waals surface area (Å²) < 4.78 is 4.31. The van der Waals surface area contributed by atoms with Gasteiger partial charge in [-0.15, -0.1) is 4.91 Å². The van der Waals surface area contributed by atoms with Gasteiger partial charge in [-0.25, -0.2) is 0 Å². The van der Waals surface area contributed by atoms with Gasteiger partial charge in [0.2, 0.25) is 0 Å². The van der Waals surface area contributed by atoms with Crippen LogP contribution in [-0.4, -0.2) is 5.11 Å². The number of hydrogen-bond acceptors (Lipinski definition) is 4. The summed E-state index contributed by atoms with van der Waals surface area (Å²) in [4.78, 5) is 9.56. The van der Waals surface area contributed by atoms with Crippen molar-refractivity contribution >= 4 is 5.88 Å². The molecule has 0 saturated heterocycles. The van der Waals surface area contributed by atoms with Gasteiger partial charge in [-0.2, -0.15) is 0 Å². The number of nitroso groups, excluding NO2 is 1. The maximum atomic E-state index is 9.56. The third-order valence-electron chi connectivity index (χ3n) is 0.668. The molecule has 0 aliphatic rings. The Labute approximate surface area is 44.7 Å². The fourth-order valence-electron chi connectivity index (χ4n) is 0.367. The van der Waals surface area contributed by atoms with Crippen LogP contribution >= 0.6 is 0 Å². The van der Waals surface area contributed by atoms with Crippen molar-refractivity contribution in [3.63, 3.8) is 0 Å². The summed E-state index contributed by atoms with van der Waals surface area (Å²) in [5, 5.41) is 10.8. The number of nitrogens with zero attached hydrogens (tertiary/aromatic N) is 1. The minimum Gasteiger partial charge on any atom is -0.481 e. The van der Waals surface area contributed by atoms with Gasteiger partial charge in [0.25, 0.3) is 11.8 Å². The lowest BCUT2D eigenvalue weighted by Gasteiger charge is -1.74. The Balaban J connectivity index is 3.00. The highest BCUT2D eigenvalue weighted by Crippen LogP contribution is 2.19. The van der Waals surface area contributed by atoms with Crippen LogP contribution in [0.3, 0.4) is 0 Å². The zero-order valence-electron chi connectivity index (χ0n) is 3.87. The van der Waals surface area contributed by atoms with Crippen LogP contribution in [0.25, 0.3) is 0 Å². The molecular weight excluding hydrogens is 110 g/mol. The van der Waals surface area contributed by atoms with E-state index in [2.05, 4.69) is 9.59 Å². The van der Waals surface area contributed by atoms with Crippen LogP contribution in [-0.2, 0) is 0 Å². The molecule has 0 bridgehead atoms. The third-order valence-corrected chi connectivity index (χ3v) is 0.668. The van der Waals surface area contributed by atoms with E-state index in [1.807, 2.05) is 0 Å². The van der Waals surface area contributed by atoms with Crippen molar-refractivity contribution < 1.29 is 9.52 Å². The second-order valence-corrected chi connectivity index (χ2v) is 1.20. The molecule has 0 fully saturated rings. The molecule has 0 atom stereocenters. The van der Waals surface area contributed by atoms with Crippen LogP contribution in [0.1, 0.15) is 0 Å². The minimum atomic E-state index is -0.292. The van der Waals surface area contributed by atoms with Gasteiger partial charge >= 0.3 is 0 Å². The molecule has 1 heterocycles.